The fraction of sp³-hybridized carbons (Fsp3) is 0.909. The van der Waals surface area contributed by atoms with Gasteiger partial charge in [0, 0.05) is 7.05 Å². The lowest BCUT2D eigenvalue weighted by molar-refractivity contribution is -0.172. The molecule has 5 nitrogen and oxygen atoms in total. The summed E-state index contributed by atoms with van der Waals surface area (Å²) in [4.78, 5) is 16.0. The second-order valence-corrected chi connectivity index (χ2v) is 3.91. The van der Waals surface area contributed by atoms with E-state index in [0.717, 1.165) is 24.3 Å². The van der Waals surface area contributed by atoms with Gasteiger partial charge in [0.15, 0.2) is 0 Å². The van der Waals surface area contributed by atoms with Crippen LogP contribution in [0.3, 0.4) is 0 Å². The summed E-state index contributed by atoms with van der Waals surface area (Å²) in [6.45, 7) is 2.07. The molecule has 16 heavy (non-hydrogen) atoms. The Bertz CT molecular complexity index is 198. The molecule has 0 rings (SSSR count). The van der Waals surface area contributed by atoms with Crippen LogP contribution in [0, 0.1) is 0 Å². The van der Waals surface area contributed by atoms with Gasteiger partial charge in [0.1, 0.15) is 0 Å². The smallest absolute Gasteiger partial charge is 0.248 e. The van der Waals surface area contributed by atoms with Gasteiger partial charge in [0.25, 0.3) is 0 Å². The maximum absolute atomic E-state index is 11.3. The van der Waals surface area contributed by atoms with E-state index in [1.807, 2.05) is 0 Å². The number of carbonyl (C=O) groups is 1. The van der Waals surface area contributed by atoms with Crippen LogP contribution in [-0.4, -0.2) is 47.5 Å². The highest BCUT2D eigenvalue weighted by Gasteiger charge is 2.21. The molecular formula is C11H23NO4. The Morgan fingerprint density at radius 1 is 1.31 bits per heavy atom. The highest BCUT2D eigenvalue weighted by Crippen LogP contribution is 2.10. The molecule has 2 atom stereocenters. The van der Waals surface area contributed by atoms with Crippen molar-refractivity contribution in [1.29, 1.82) is 0 Å². The van der Waals surface area contributed by atoms with Crippen molar-refractivity contribution in [2.75, 3.05) is 14.2 Å². The zero-order valence-corrected chi connectivity index (χ0v) is 10.3. The van der Waals surface area contributed by atoms with Gasteiger partial charge in [-0.05, 0) is 6.42 Å². The number of hydrogen-bond acceptors (Lipinski definition) is 4. The number of hydroxylamine groups is 2. The predicted molar refractivity (Wildman–Crippen MR) is 60.6 cm³/mol. The lowest BCUT2D eigenvalue weighted by Gasteiger charge is -2.20. The Kier molecular flexibility index (Phi) is 8.15. The first-order valence-corrected chi connectivity index (χ1v) is 5.69. The third kappa shape index (κ3) is 6.05. The normalized spacial score (nSPS) is 14.6. The Morgan fingerprint density at radius 3 is 2.44 bits per heavy atom. The number of aliphatic hydroxyl groups is 2. The maximum atomic E-state index is 11.3. The van der Waals surface area contributed by atoms with Crippen LogP contribution in [0.25, 0.3) is 0 Å². The first-order chi connectivity index (χ1) is 7.52. The monoisotopic (exact) mass is 233 g/mol. The van der Waals surface area contributed by atoms with Gasteiger partial charge in [-0.25, -0.2) is 5.06 Å². The largest absolute Gasteiger partial charge is 0.390 e. The molecule has 0 unspecified atom stereocenters. The summed E-state index contributed by atoms with van der Waals surface area (Å²) in [5.74, 6) is -0.343. The highest BCUT2D eigenvalue weighted by molar-refractivity contribution is 5.75. The molecule has 0 aromatic rings. The van der Waals surface area contributed by atoms with E-state index >= 15 is 0 Å². The van der Waals surface area contributed by atoms with Gasteiger partial charge in [-0.1, -0.05) is 26.2 Å². The van der Waals surface area contributed by atoms with Crippen molar-refractivity contribution in [2.45, 2.75) is 51.2 Å². The van der Waals surface area contributed by atoms with Gasteiger partial charge in [0.2, 0.25) is 5.91 Å². The van der Waals surface area contributed by atoms with Crippen LogP contribution < -0.4 is 0 Å². The molecule has 0 aliphatic carbocycles. The Morgan fingerprint density at radius 2 is 1.94 bits per heavy atom. The van der Waals surface area contributed by atoms with Crippen LogP contribution in [0.5, 0.6) is 0 Å². The van der Waals surface area contributed by atoms with E-state index in [9.17, 15) is 15.0 Å². The van der Waals surface area contributed by atoms with E-state index in [4.69, 9.17) is 0 Å². The highest BCUT2D eigenvalue weighted by atomic mass is 16.7. The second-order valence-electron chi connectivity index (χ2n) is 3.91. The van der Waals surface area contributed by atoms with Crippen molar-refractivity contribution in [1.82, 2.24) is 5.06 Å². The number of nitrogens with zero attached hydrogens (tertiary/aromatic N) is 1. The minimum absolute atomic E-state index is 0.113. The number of unbranched alkanes of at least 4 members (excludes halogenated alkanes) is 2. The van der Waals surface area contributed by atoms with Crippen molar-refractivity contribution in [3.63, 3.8) is 0 Å². The molecular weight excluding hydrogens is 210 g/mol. The Balaban J connectivity index is 3.85. The van der Waals surface area contributed by atoms with Crippen molar-refractivity contribution in [3.05, 3.63) is 0 Å². The maximum Gasteiger partial charge on any atom is 0.248 e. The third-order valence-corrected chi connectivity index (χ3v) is 2.56. The average Bonchev–Trinajstić information content (AvgIpc) is 2.27. The summed E-state index contributed by atoms with van der Waals surface area (Å²) in [5, 5.41) is 20.2. The molecule has 0 radical (unpaired) electrons. The van der Waals surface area contributed by atoms with Crippen LogP contribution in [-0.2, 0) is 9.63 Å². The number of hydrogen-bond donors (Lipinski definition) is 2. The molecule has 0 fully saturated rings. The molecule has 0 saturated heterocycles. The summed E-state index contributed by atoms with van der Waals surface area (Å²) in [6.07, 6.45) is 1.52. The first kappa shape index (κ1) is 15.3. The van der Waals surface area contributed by atoms with Crippen molar-refractivity contribution >= 4 is 5.91 Å². The van der Waals surface area contributed by atoms with E-state index in [0.29, 0.717) is 6.42 Å². The van der Waals surface area contributed by atoms with Gasteiger partial charge < -0.3 is 10.2 Å². The Hall–Kier alpha value is -0.650. The summed E-state index contributed by atoms with van der Waals surface area (Å²) in [6, 6.07) is 0. The summed E-state index contributed by atoms with van der Waals surface area (Å²) in [5.41, 5.74) is 0. The topological polar surface area (TPSA) is 70.0 Å². The molecule has 2 N–H and O–H groups in total. The van der Waals surface area contributed by atoms with Gasteiger partial charge in [-0.2, -0.15) is 0 Å². The van der Waals surface area contributed by atoms with Crippen LogP contribution in [0.4, 0.5) is 0 Å². The van der Waals surface area contributed by atoms with Crippen molar-refractivity contribution < 1.29 is 19.8 Å². The average molecular weight is 233 g/mol. The molecule has 1 amide bonds. The number of amides is 1. The molecule has 0 aliphatic heterocycles. The predicted octanol–water partition coefficient (Wildman–Crippen LogP) is 0.698. The minimum Gasteiger partial charge on any atom is -0.390 e. The quantitative estimate of drug-likeness (QED) is 0.478. The van der Waals surface area contributed by atoms with E-state index in [-0.39, 0.29) is 12.3 Å². The SMILES string of the molecule is CCCCC[C@H](O)[C@@H](O)CC(=O)N(C)OC. The van der Waals surface area contributed by atoms with Crippen LogP contribution in [0.15, 0.2) is 0 Å². The fourth-order valence-corrected chi connectivity index (χ4v) is 1.34. The standard InChI is InChI=1S/C11H23NO4/c1-4-5-6-7-9(13)10(14)8-11(15)12(2)16-3/h9-10,13-14H,4-8H2,1-3H3/t9-,10-/m0/s1. The van der Waals surface area contributed by atoms with E-state index < -0.39 is 12.2 Å². The molecule has 96 valence electrons. The lowest BCUT2D eigenvalue weighted by Crippen LogP contribution is -2.34. The third-order valence-electron chi connectivity index (χ3n) is 2.56. The molecule has 0 aromatic heterocycles. The fourth-order valence-electron chi connectivity index (χ4n) is 1.34. The van der Waals surface area contributed by atoms with Crippen LogP contribution in [0.1, 0.15) is 39.0 Å². The number of rotatable bonds is 8. The summed E-state index contributed by atoms with van der Waals surface area (Å²) in [7, 11) is 2.85. The van der Waals surface area contributed by atoms with Gasteiger partial charge in [-0.15, -0.1) is 0 Å². The number of carbonyl (C=O) groups excluding carboxylic acids is 1. The van der Waals surface area contributed by atoms with E-state index in [2.05, 4.69) is 11.8 Å². The molecule has 0 aromatic carbocycles. The summed E-state index contributed by atoms with van der Waals surface area (Å²) < 4.78 is 0. The van der Waals surface area contributed by atoms with Crippen molar-refractivity contribution in [2.24, 2.45) is 0 Å². The first-order valence-electron chi connectivity index (χ1n) is 5.69. The van der Waals surface area contributed by atoms with E-state index in [1.54, 1.807) is 0 Å². The molecule has 0 spiro atoms. The summed E-state index contributed by atoms with van der Waals surface area (Å²) >= 11 is 0. The molecule has 0 bridgehead atoms. The number of aliphatic hydroxyl groups excluding tert-OH is 2. The molecule has 5 heteroatoms. The Labute approximate surface area is 97.0 Å². The molecule has 0 aliphatic rings. The molecule has 0 heterocycles. The lowest BCUT2D eigenvalue weighted by atomic mass is 10.0. The molecule has 0 saturated carbocycles. The minimum atomic E-state index is -1.01. The van der Waals surface area contributed by atoms with Crippen LogP contribution >= 0.6 is 0 Å². The van der Waals surface area contributed by atoms with Crippen molar-refractivity contribution in [3.8, 4) is 0 Å². The van der Waals surface area contributed by atoms with E-state index in [1.165, 1.54) is 14.2 Å². The zero-order chi connectivity index (χ0) is 12.6. The zero-order valence-electron chi connectivity index (χ0n) is 10.3. The van der Waals surface area contributed by atoms with Gasteiger partial charge in [-0.3, -0.25) is 9.63 Å². The second kappa shape index (κ2) is 8.50. The van der Waals surface area contributed by atoms with Gasteiger partial charge in [0.05, 0.1) is 25.7 Å². The van der Waals surface area contributed by atoms with Gasteiger partial charge >= 0.3 is 0 Å². The van der Waals surface area contributed by atoms with Crippen LogP contribution in [0.2, 0.25) is 0 Å².